The van der Waals surface area contributed by atoms with Crippen molar-refractivity contribution in [1.82, 2.24) is 29.0 Å². The second-order valence-corrected chi connectivity index (χ2v) is 11.5. The fraction of sp³-hybridized carbons (Fsp3) is 0.353. The molecule has 1 atom stereocenters. The minimum atomic E-state index is -0.800. The van der Waals surface area contributed by atoms with E-state index in [1.54, 1.807) is 29.6 Å². The van der Waals surface area contributed by atoms with Gasteiger partial charge in [0.15, 0.2) is 5.65 Å². The molecule has 1 saturated heterocycles. The highest BCUT2D eigenvalue weighted by Crippen LogP contribution is 2.34. The van der Waals surface area contributed by atoms with Gasteiger partial charge in [0.05, 0.1) is 30.2 Å². The first-order valence-electron chi connectivity index (χ1n) is 15.2. The van der Waals surface area contributed by atoms with Crippen LogP contribution in [0.2, 0.25) is 0 Å². The maximum Gasteiger partial charge on any atom is 0.257 e. The van der Waals surface area contributed by atoms with Crippen LogP contribution in [-0.4, -0.2) is 73.5 Å². The Bertz CT molecular complexity index is 1840. The number of rotatable bonds is 9. The van der Waals surface area contributed by atoms with Crippen LogP contribution in [0.5, 0.6) is 5.75 Å². The van der Waals surface area contributed by atoms with Crippen LogP contribution in [0.25, 0.3) is 28.2 Å². The average molecular weight is 610 g/mol. The summed E-state index contributed by atoms with van der Waals surface area (Å²) in [5, 5.41) is 19.0. The number of hydrogen-bond donors (Lipinski definition) is 2. The van der Waals surface area contributed by atoms with Crippen molar-refractivity contribution in [3.63, 3.8) is 0 Å². The number of aliphatic hydroxyl groups excluding tert-OH is 1. The number of nitrogens with zero attached hydrogens (tertiary/aromatic N) is 6. The van der Waals surface area contributed by atoms with Crippen molar-refractivity contribution in [2.45, 2.75) is 45.4 Å². The van der Waals surface area contributed by atoms with Crippen molar-refractivity contribution < 1.29 is 19.4 Å². The quantitative estimate of drug-likeness (QED) is 0.239. The molecule has 1 aliphatic heterocycles. The standard InChI is InChI=1S/C34H39N7O4/c1-21-31(24-9-10-29(44-5)27(18-24)34(43)40(4)26-11-15-45-16-12-26)33-37-28(22(2)42)19-30(41(33)38-21)36-20-23-7-6-8-25(17-23)32-35-13-14-39(32)3/h6-10,13-14,17-19,22,26,36,42H,11-12,15-16,20H2,1-5H3. The van der Waals surface area contributed by atoms with Crippen LogP contribution < -0.4 is 10.1 Å². The molecule has 0 radical (unpaired) electrons. The van der Waals surface area contributed by atoms with Crippen LogP contribution in [0.4, 0.5) is 5.82 Å². The van der Waals surface area contributed by atoms with Gasteiger partial charge in [-0.3, -0.25) is 4.79 Å². The summed E-state index contributed by atoms with van der Waals surface area (Å²) >= 11 is 0. The smallest absolute Gasteiger partial charge is 0.257 e. The van der Waals surface area contributed by atoms with Gasteiger partial charge in [-0.1, -0.05) is 24.3 Å². The van der Waals surface area contributed by atoms with Gasteiger partial charge in [0.1, 0.15) is 17.4 Å². The number of amides is 1. The summed E-state index contributed by atoms with van der Waals surface area (Å²) in [6, 6.07) is 15.7. The Morgan fingerprint density at radius 1 is 1.18 bits per heavy atom. The van der Waals surface area contributed by atoms with Crippen molar-refractivity contribution in [3.8, 4) is 28.3 Å². The summed E-state index contributed by atoms with van der Waals surface area (Å²) in [6.45, 7) is 5.42. The highest BCUT2D eigenvalue weighted by Gasteiger charge is 2.27. The summed E-state index contributed by atoms with van der Waals surface area (Å²) in [4.78, 5) is 24.8. The van der Waals surface area contributed by atoms with Crippen LogP contribution in [0.1, 0.15) is 53.2 Å². The van der Waals surface area contributed by atoms with E-state index in [0.717, 1.165) is 46.6 Å². The van der Waals surface area contributed by atoms with E-state index in [1.165, 1.54) is 0 Å². The summed E-state index contributed by atoms with van der Waals surface area (Å²) in [6.07, 6.45) is 4.51. The molecule has 11 nitrogen and oxygen atoms in total. The number of imidazole rings is 1. The Kier molecular flexibility index (Phi) is 8.55. The third kappa shape index (κ3) is 6.01. The average Bonchev–Trinajstić information content (AvgIpc) is 3.64. The number of aromatic nitrogens is 5. The zero-order valence-corrected chi connectivity index (χ0v) is 26.3. The number of benzene rings is 2. The van der Waals surface area contributed by atoms with Crippen LogP contribution in [-0.2, 0) is 18.3 Å². The molecule has 0 aliphatic carbocycles. The first-order chi connectivity index (χ1) is 21.7. The van der Waals surface area contributed by atoms with Gasteiger partial charge < -0.3 is 29.4 Å². The van der Waals surface area contributed by atoms with Gasteiger partial charge in [0.2, 0.25) is 0 Å². The zero-order valence-electron chi connectivity index (χ0n) is 26.3. The van der Waals surface area contributed by atoms with E-state index in [-0.39, 0.29) is 11.9 Å². The maximum atomic E-state index is 13.7. The van der Waals surface area contributed by atoms with Crippen molar-refractivity contribution in [2.75, 3.05) is 32.7 Å². The Labute approximate surface area is 262 Å². The molecular formula is C34H39N7O4. The molecule has 0 spiro atoms. The highest BCUT2D eigenvalue weighted by molar-refractivity contribution is 5.99. The van der Waals surface area contributed by atoms with Crippen molar-refractivity contribution >= 4 is 17.4 Å². The lowest BCUT2D eigenvalue weighted by molar-refractivity contribution is 0.0360. The number of aliphatic hydroxyl groups is 1. The number of carbonyl (C=O) groups is 1. The molecule has 2 N–H and O–H groups in total. The van der Waals surface area contributed by atoms with Gasteiger partial charge >= 0.3 is 0 Å². The Morgan fingerprint density at radius 2 is 1.98 bits per heavy atom. The van der Waals surface area contributed by atoms with Crippen LogP contribution in [0, 0.1) is 6.92 Å². The second kappa shape index (κ2) is 12.7. The number of aryl methyl sites for hydroxylation is 2. The van der Waals surface area contributed by atoms with E-state index in [4.69, 9.17) is 19.6 Å². The monoisotopic (exact) mass is 609 g/mol. The number of fused-ring (bicyclic) bond motifs is 1. The lowest BCUT2D eigenvalue weighted by Crippen LogP contribution is -2.40. The summed E-state index contributed by atoms with van der Waals surface area (Å²) < 4.78 is 14.9. The SMILES string of the molecule is COc1ccc(-c2c(C)nn3c(NCc4cccc(-c5nccn5C)c4)cc(C(C)O)nc23)cc1C(=O)N(C)C1CCOCC1. The number of carbonyl (C=O) groups excluding carboxylic acids is 1. The second-order valence-electron chi connectivity index (χ2n) is 11.5. The third-order valence-electron chi connectivity index (χ3n) is 8.47. The molecule has 11 heteroatoms. The summed E-state index contributed by atoms with van der Waals surface area (Å²) in [7, 11) is 5.38. The molecule has 1 fully saturated rings. The molecule has 3 aromatic heterocycles. The Balaban J connectivity index is 1.36. The van der Waals surface area contributed by atoms with E-state index in [9.17, 15) is 9.90 Å². The molecule has 234 valence electrons. The molecule has 0 saturated carbocycles. The first kappa shape index (κ1) is 30.3. The maximum absolute atomic E-state index is 13.7. The normalized spacial score (nSPS) is 14.4. The minimum Gasteiger partial charge on any atom is -0.496 e. The molecule has 6 rings (SSSR count). The lowest BCUT2D eigenvalue weighted by Gasteiger charge is -2.31. The minimum absolute atomic E-state index is 0.103. The zero-order chi connectivity index (χ0) is 31.7. The third-order valence-corrected chi connectivity index (χ3v) is 8.47. The highest BCUT2D eigenvalue weighted by atomic mass is 16.5. The van der Waals surface area contributed by atoms with E-state index in [2.05, 4.69) is 22.4 Å². The van der Waals surface area contributed by atoms with Gasteiger partial charge in [-0.05, 0) is 56.0 Å². The van der Waals surface area contributed by atoms with Crippen LogP contribution in [0.3, 0.4) is 0 Å². The van der Waals surface area contributed by atoms with Crippen LogP contribution in [0.15, 0.2) is 60.9 Å². The Hall–Kier alpha value is -4.74. The molecule has 2 aromatic carbocycles. The Morgan fingerprint density at radius 3 is 2.69 bits per heavy atom. The number of ether oxygens (including phenoxy) is 2. The molecular weight excluding hydrogens is 570 g/mol. The fourth-order valence-electron chi connectivity index (χ4n) is 5.94. The van der Waals surface area contributed by atoms with Crippen molar-refractivity contribution in [1.29, 1.82) is 0 Å². The van der Waals surface area contributed by atoms with E-state index in [0.29, 0.717) is 48.2 Å². The van der Waals surface area contributed by atoms with Crippen LogP contribution >= 0.6 is 0 Å². The number of hydrogen-bond acceptors (Lipinski definition) is 8. The van der Waals surface area contributed by atoms with Gasteiger partial charge in [0, 0.05) is 69.5 Å². The topological polar surface area (TPSA) is 119 Å². The summed E-state index contributed by atoms with van der Waals surface area (Å²) in [5.41, 5.74) is 5.96. The fourth-order valence-corrected chi connectivity index (χ4v) is 5.94. The van der Waals surface area contributed by atoms with E-state index >= 15 is 0 Å². The first-order valence-corrected chi connectivity index (χ1v) is 15.2. The molecule has 1 aliphatic rings. The number of methoxy groups -OCH3 is 1. The van der Waals surface area contributed by atoms with Gasteiger partial charge in [0.25, 0.3) is 5.91 Å². The largest absolute Gasteiger partial charge is 0.496 e. The predicted octanol–water partition coefficient (Wildman–Crippen LogP) is 5.03. The molecule has 1 unspecified atom stereocenters. The molecule has 1 amide bonds. The number of anilines is 1. The van der Waals surface area contributed by atoms with Gasteiger partial charge in [-0.2, -0.15) is 9.61 Å². The van der Waals surface area contributed by atoms with Gasteiger partial charge in [-0.15, -0.1) is 0 Å². The van der Waals surface area contributed by atoms with Crippen molar-refractivity contribution in [2.24, 2.45) is 7.05 Å². The summed E-state index contributed by atoms with van der Waals surface area (Å²) in [5.74, 6) is 1.98. The molecule has 0 bridgehead atoms. The molecule has 4 heterocycles. The van der Waals surface area contributed by atoms with E-state index < -0.39 is 6.10 Å². The molecule has 5 aromatic rings. The number of nitrogens with one attached hydrogen (secondary N) is 1. The molecule has 45 heavy (non-hydrogen) atoms. The van der Waals surface area contributed by atoms with E-state index in [1.807, 2.05) is 68.2 Å². The van der Waals surface area contributed by atoms with Crippen molar-refractivity contribution in [3.05, 3.63) is 83.4 Å². The lowest BCUT2D eigenvalue weighted by atomic mass is 10.0. The predicted molar refractivity (Wildman–Crippen MR) is 172 cm³/mol. The van der Waals surface area contributed by atoms with Gasteiger partial charge in [-0.25, -0.2) is 9.97 Å².